The van der Waals surface area contributed by atoms with Gasteiger partial charge in [0.05, 0.1) is 35.9 Å². The Morgan fingerprint density at radius 3 is 2.84 bits per heavy atom. The van der Waals surface area contributed by atoms with Gasteiger partial charge in [-0.15, -0.1) is 0 Å². The highest BCUT2D eigenvalue weighted by atomic mass is 16.5. The Hall–Kier alpha value is -2.57. The molecule has 0 aromatic carbocycles. The molecule has 0 spiro atoms. The van der Waals surface area contributed by atoms with Crippen LogP contribution < -0.4 is 10.5 Å². The Morgan fingerprint density at radius 1 is 1.47 bits per heavy atom. The van der Waals surface area contributed by atoms with Gasteiger partial charge in [0.25, 0.3) is 0 Å². The molecule has 0 unspecified atom stereocenters. The highest BCUT2D eigenvalue weighted by Crippen LogP contribution is 2.17. The van der Waals surface area contributed by atoms with Gasteiger partial charge in [0.15, 0.2) is 11.6 Å². The van der Waals surface area contributed by atoms with E-state index in [2.05, 4.69) is 10.1 Å². The van der Waals surface area contributed by atoms with Crippen LogP contribution in [0.4, 0.5) is 5.69 Å². The molecule has 0 saturated heterocycles. The molecule has 0 amide bonds. The van der Waals surface area contributed by atoms with Crippen LogP contribution in [0.2, 0.25) is 0 Å². The molecule has 7 heteroatoms. The summed E-state index contributed by atoms with van der Waals surface area (Å²) >= 11 is 0. The Labute approximate surface area is 109 Å². The minimum atomic E-state index is -1.10. The number of nitrogens with two attached hydrogens (primary N) is 1. The van der Waals surface area contributed by atoms with E-state index in [4.69, 9.17) is 15.6 Å². The van der Waals surface area contributed by atoms with Crippen LogP contribution in [0.1, 0.15) is 24.2 Å². The molecule has 100 valence electrons. The third kappa shape index (κ3) is 2.82. The van der Waals surface area contributed by atoms with Crippen molar-refractivity contribution in [2.24, 2.45) is 0 Å². The van der Waals surface area contributed by atoms with Gasteiger partial charge in [-0.2, -0.15) is 5.10 Å². The molecule has 0 bridgehead atoms. The highest BCUT2D eigenvalue weighted by molar-refractivity contribution is 5.93. The van der Waals surface area contributed by atoms with Crippen molar-refractivity contribution in [3.05, 3.63) is 30.2 Å². The second-order valence-corrected chi connectivity index (χ2v) is 4.22. The first-order valence-corrected chi connectivity index (χ1v) is 5.68. The quantitative estimate of drug-likeness (QED) is 0.861. The maximum atomic E-state index is 11.0. The molecule has 0 fully saturated rings. The molecule has 0 saturated carbocycles. The van der Waals surface area contributed by atoms with E-state index in [0.717, 1.165) is 0 Å². The zero-order valence-corrected chi connectivity index (χ0v) is 10.6. The van der Waals surface area contributed by atoms with E-state index in [1.54, 1.807) is 12.4 Å². The normalized spacial score (nSPS) is 10.7. The van der Waals surface area contributed by atoms with Crippen LogP contribution in [0.15, 0.2) is 24.7 Å². The van der Waals surface area contributed by atoms with E-state index in [-0.39, 0.29) is 17.4 Å². The van der Waals surface area contributed by atoms with Crippen LogP contribution in [0.3, 0.4) is 0 Å². The van der Waals surface area contributed by atoms with Crippen molar-refractivity contribution < 1.29 is 14.6 Å². The average molecular weight is 262 g/mol. The predicted molar refractivity (Wildman–Crippen MR) is 68.5 cm³/mol. The molecule has 0 aliphatic rings. The minimum Gasteiger partial charge on any atom is -0.488 e. The van der Waals surface area contributed by atoms with E-state index < -0.39 is 5.97 Å². The third-order valence-electron chi connectivity index (χ3n) is 2.32. The molecule has 0 aliphatic heterocycles. The van der Waals surface area contributed by atoms with Gasteiger partial charge in [0.2, 0.25) is 0 Å². The lowest BCUT2D eigenvalue weighted by molar-refractivity contribution is 0.0698. The topological polar surface area (TPSA) is 103 Å². The molecule has 7 nitrogen and oxygen atoms in total. The first-order valence-electron chi connectivity index (χ1n) is 5.68. The number of nitrogen functional groups attached to an aromatic ring is 1. The van der Waals surface area contributed by atoms with Gasteiger partial charge in [-0.1, -0.05) is 0 Å². The van der Waals surface area contributed by atoms with Gasteiger partial charge in [-0.3, -0.25) is 0 Å². The summed E-state index contributed by atoms with van der Waals surface area (Å²) in [5.41, 5.74) is 5.65. The number of aromatic nitrogens is 3. The highest BCUT2D eigenvalue weighted by Gasteiger charge is 2.11. The maximum Gasteiger partial charge on any atom is 0.337 e. The number of aromatic carboxylic acids is 1. The van der Waals surface area contributed by atoms with E-state index in [1.807, 2.05) is 13.8 Å². The lowest BCUT2D eigenvalue weighted by atomic mass is 10.2. The summed E-state index contributed by atoms with van der Waals surface area (Å²) in [5, 5.41) is 13.1. The van der Waals surface area contributed by atoms with Crippen LogP contribution in [-0.2, 0) is 0 Å². The Kier molecular flexibility index (Phi) is 3.37. The summed E-state index contributed by atoms with van der Waals surface area (Å²) in [6.07, 6.45) is 4.50. The van der Waals surface area contributed by atoms with E-state index >= 15 is 0 Å². The van der Waals surface area contributed by atoms with Crippen LogP contribution in [0, 0.1) is 0 Å². The zero-order chi connectivity index (χ0) is 14.0. The van der Waals surface area contributed by atoms with Gasteiger partial charge in [0, 0.05) is 0 Å². The second-order valence-electron chi connectivity index (χ2n) is 4.22. The average Bonchev–Trinajstić information content (AvgIpc) is 2.76. The first-order chi connectivity index (χ1) is 8.97. The molecule has 0 atom stereocenters. The number of hydrogen-bond donors (Lipinski definition) is 2. The number of anilines is 1. The number of nitrogens with zero attached hydrogens (tertiary/aromatic N) is 3. The summed E-state index contributed by atoms with van der Waals surface area (Å²) in [5.74, 6) is -0.150. The predicted octanol–water partition coefficient (Wildman–Crippen LogP) is 1.33. The molecular formula is C12H14N4O3. The van der Waals surface area contributed by atoms with E-state index in [0.29, 0.717) is 11.6 Å². The third-order valence-corrected chi connectivity index (χ3v) is 2.32. The SMILES string of the molecule is CC(C)Oc1cnn(-c2cc(C(=O)O)c(N)cn2)c1. The molecule has 0 aliphatic carbocycles. The fraction of sp³-hybridized carbons (Fsp3) is 0.250. The Bertz CT molecular complexity index is 607. The number of carboxylic acids is 1. The minimum absolute atomic E-state index is 0.00757. The molecule has 19 heavy (non-hydrogen) atoms. The fourth-order valence-electron chi connectivity index (χ4n) is 1.53. The van der Waals surface area contributed by atoms with Crippen molar-refractivity contribution in [1.82, 2.24) is 14.8 Å². The van der Waals surface area contributed by atoms with Crippen LogP contribution in [-0.4, -0.2) is 31.9 Å². The summed E-state index contributed by atoms with van der Waals surface area (Å²) < 4.78 is 6.90. The maximum absolute atomic E-state index is 11.0. The van der Waals surface area contributed by atoms with Crippen LogP contribution in [0.25, 0.3) is 5.82 Å². The Morgan fingerprint density at radius 2 is 2.21 bits per heavy atom. The molecule has 2 rings (SSSR count). The second kappa shape index (κ2) is 4.97. The molecule has 2 heterocycles. The molecular weight excluding hydrogens is 248 g/mol. The smallest absolute Gasteiger partial charge is 0.337 e. The number of ether oxygens (including phenoxy) is 1. The standard InChI is InChI=1S/C12H14N4O3/c1-7(2)19-8-4-15-16(6-8)11-3-9(12(17)18)10(13)5-14-11/h3-7H,13H2,1-2H3,(H,17,18). The van der Waals surface area contributed by atoms with Crippen molar-refractivity contribution in [2.45, 2.75) is 20.0 Å². The number of carboxylic acid groups (broad SMARTS) is 1. The van der Waals surface area contributed by atoms with Crippen molar-refractivity contribution in [3.8, 4) is 11.6 Å². The zero-order valence-electron chi connectivity index (χ0n) is 10.6. The van der Waals surface area contributed by atoms with E-state index in [9.17, 15) is 4.79 Å². The van der Waals surface area contributed by atoms with Crippen LogP contribution in [0.5, 0.6) is 5.75 Å². The number of rotatable bonds is 4. The summed E-state index contributed by atoms with van der Waals surface area (Å²) in [7, 11) is 0. The largest absolute Gasteiger partial charge is 0.488 e. The molecule has 3 N–H and O–H groups in total. The summed E-state index contributed by atoms with van der Waals surface area (Å²) in [6, 6.07) is 1.36. The van der Waals surface area contributed by atoms with Gasteiger partial charge in [-0.05, 0) is 19.9 Å². The lowest BCUT2D eigenvalue weighted by Crippen LogP contribution is -2.07. The first kappa shape index (κ1) is 12.9. The van der Waals surface area contributed by atoms with Crippen molar-refractivity contribution in [2.75, 3.05) is 5.73 Å². The number of hydrogen-bond acceptors (Lipinski definition) is 5. The fourth-order valence-corrected chi connectivity index (χ4v) is 1.53. The van der Waals surface area contributed by atoms with Gasteiger partial charge in [0.1, 0.15) is 0 Å². The van der Waals surface area contributed by atoms with E-state index in [1.165, 1.54) is 16.9 Å². The lowest BCUT2D eigenvalue weighted by Gasteiger charge is -2.06. The van der Waals surface area contributed by atoms with Crippen molar-refractivity contribution >= 4 is 11.7 Å². The summed E-state index contributed by atoms with van der Waals surface area (Å²) in [4.78, 5) is 15.0. The van der Waals surface area contributed by atoms with Gasteiger partial charge in [-0.25, -0.2) is 14.5 Å². The number of carbonyl (C=O) groups is 1. The van der Waals surface area contributed by atoms with Crippen molar-refractivity contribution in [3.63, 3.8) is 0 Å². The molecule has 0 radical (unpaired) electrons. The Balaban J connectivity index is 2.34. The molecule has 2 aromatic heterocycles. The van der Waals surface area contributed by atoms with Gasteiger partial charge < -0.3 is 15.6 Å². The molecule has 2 aromatic rings. The summed E-state index contributed by atoms with van der Waals surface area (Å²) in [6.45, 7) is 3.81. The number of pyridine rings is 1. The van der Waals surface area contributed by atoms with Gasteiger partial charge >= 0.3 is 5.97 Å². The van der Waals surface area contributed by atoms with Crippen molar-refractivity contribution in [1.29, 1.82) is 0 Å². The van der Waals surface area contributed by atoms with Crippen LogP contribution >= 0.6 is 0 Å². The monoisotopic (exact) mass is 262 g/mol.